The van der Waals surface area contributed by atoms with Gasteiger partial charge in [-0.25, -0.2) is 19.1 Å². The summed E-state index contributed by atoms with van der Waals surface area (Å²) in [6.07, 6.45) is -3.27. The molecule has 2 rings (SSSR count). The van der Waals surface area contributed by atoms with Crippen molar-refractivity contribution in [1.29, 1.82) is 0 Å². The van der Waals surface area contributed by atoms with E-state index in [-0.39, 0.29) is 5.56 Å². The van der Waals surface area contributed by atoms with Crippen LogP contribution in [0.5, 0.6) is 0 Å². The number of nitrogen functional groups attached to an aromatic ring is 1. The highest BCUT2D eigenvalue weighted by Crippen LogP contribution is 2.21. The van der Waals surface area contributed by atoms with Gasteiger partial charge in [0.25, 0.3) is 18.2 Å². The Hall–Kier alpha value is -3.69. The van der Waals surface area contributed by atoms with Gasteiger partial charge in [-0.15, -0.1) is 11.3 Å². The number of nitrogens with one attached hydrogen (secondary N) is 4. The number of urea groups is 1. The predicted molar refractivity (Wildman–Crippen MR) is 114 cm³/mol. The van der Waals surface area contributed by atoms with Crippen molar-refractivity contribution in [3.8, 4) is 11.8 Å². The molecule has 0 spiro atoms. The van der Waals surface area contributed by atoms with Gasteiger partial charge in [-0.3, -0.25) is 14.8 Å². The number of carbonyl (C=O) groups is 3. The van der Waals surface area contributed by atoms with Crippen molar-refractivity contribution in [1.82, 2.24) is 21.4 Å². The van der Waals surface area contributed by atoms with Crippen LogP contribution in [0.25, 0.3) is 0 Å². The van der Waals surface area contributed by atoms with Gasteiger partial charge in [-0.2, -0.15) is 0 Å². The third kappa shape index (κ3) is 5.93. The van der Waals surface area contributed by atoms with Crippen molar-refractivity contribution >= 4 is 34.2 Å². The Morgan fingerprint density at radius 3 is 2.28 bits per heavy atom. The van der Waals surface area contributed by atoms with Crippen LogP contribution < -0.4 is 27.2 Å². The second-order valence-corrected chi connectivity index (χ2v) is 7.81. The number of hydroxylamine groups is 1. The summed E-state index contributed by atoms with van der Waals surface area (Å²) >= 11 is 1.32. The van der Waals surface area contributed by atoms with Crippen LogP contribution in [0.1, 0.15) is 27.7 Å². The lowest BCUT2D eigenvalue weighted by molar-refractivity contribution is -0.135. The molecule has 0 saturated heterocycles. The van der Waals surface area contributed by atoms with Crippen LogP contribution in [0.15, 0.2) is 36.4 Å². The summed E-state index contributed by atoms with van der Waals surface area (Å²) in [5.74, 6) is 3.60. The first-order chi connectivity index (χ1) is 15.1. The van der Waals surface area contributed by atoms with Gasteiger partial charge < -0.3 is 21.7 Å². The minimum atomic E-state index is -3.27. The summed E-state index contributed by atoms with van der Waals surface area (Å²) in [5.41, 5.74) is 4.97. The summed E-state index contributed by atoms with van der Waals surface area (Å²) in [6, 6.07) is 6.35. The van der Waals surface area contributed by atoms with Crippen LogP contribution in [0.3, 0.4) is 0 Å². The molecule has 0 saturated carbocycles. The highest BCUT2D eigenvalue weighted by molar-refractivity contribution is 7.16. The Bertz CT molecular complexity index is 1050. The molecular weight excluding hydrogens is 444 g/mol. The highest BCUT2D eigenvalue weighted by Gasteiger charge is 2.48. The van der Waals surface area contributed by atoms with E-state index in [1.165, 1.54) is 48.1 Å². The van der Waals surface area contributed by atoms with Crippen molar-refractivity contribution in [2.45, 2.75) is 24.9 Å². The largest absolute Gasteiger partial charge is 0.391 e. The second kappa shape index (κ2) is 10.6. The normalized spacial score (nSPS) is 13.2. The Morgan fingerprint density at radius 2 is 1.78 bits per heavy atom. The van der Waals surface area contributed by atoms with E-state index in [2.05, 4.69) is 22.5 Å². The SMILES string of the molecule is CNC(=O)NC(C)(C(F)F)[C@H](NC(=O)c1ccc(C#Cc2ccc(N)s2)cc1)C(=O)NO. The molecule has 0 radical (unpaired) electrons. The lowest BCUT2D eigenvalue weighted by Crippen LogP contribution is -2.69. The zero-order valence-corrected chi connectivity index (χ0v) is 17.8. The standard InChI is InChI=1S/C20H21F2N5O4S/c1-20(18(21)22,26-19(30)24-2)15(17(29)27-31)25-16(28)12-6-3-11(4-7-12)5-8-13-9-10-14(23)32-13/h3-4,6-7,9-10,15,18,31H,23H2,1-2H3,(H,25,28)(H,27,29)(H2,24,26,30)/t15-,20?/m1/s1. The van der Waals surface area contributed by atoms with E-state index in [0.717, 1.165) is 11.8 Å². The molecule has 0 bridgehead atoms. The van der Waals surface area contributed by atoms with Crippen LogP contribution >= 0.6 is 11.3 Å². The molecule has 170 valence electrons. The molecule has 0 aliphatic heterocycles. The van der Waals surface area contributed by atoms with Crippen molar-refractivity contribution in [3.63, 3.8) is 0 Å². The average Bonchev–Trinajstić information content (AvgIpc) is 3.20. The quantitative estimate of drug-likeness (QED) is 0.216. The van der Waals surface area contributed by atoms with Crippen molar-refractivity contribution in [3.05, 3.63) is 52.4 Å². The highest BCUT2D eigenvalue weighted by atomic mass is 32.1. The number of benzene rings is 1. The van der Waals surface area contributed by atoms with E-state index < -0.39 is 35.9 Å². The van der Waals surface area contributed by atoms with Crippen LogP contribution in [0.4, 0.5) is 18.6 Å². The number of hydrogen-bond acceptors (Lipinski definition) is 6. The monoisotopic (exact) mass is 465 g/mol. The third-order valence-corrected chi connectivity index (χ3v) is 5.24. The fraction of sp³-hybridized carbons (Fsp3) is 0.250. The maximum atomic E-state index is 13.8. The molecule has 32 heavy (non-hydrogen) atoms. The van der Waals surface area contributed by atoms with Gasteiger partial charge in [0.05, 0.1) is 9.88 Å². The number of nitrogens with two attached hydrogens (primary N) is 1. The lowest BCUT2D eigenvalue weighted by Gasteiger charge is -2.36. The fourth-order valence-electron chi connectivity index (χ4n) is 2.59. The van der Waals surface area contributed by atoms with Gasteiger partial charge in [0.1, 0.15) is 11.6 Å². The lowest BCUT2D eigenvalue weighted by atomic mass is 9.91. The third-order valence-electron chi connectivity index (χ3n) is 4.41. The molecular formula is C20H21F2N5O4S. The topological polar surface area (TPSA) is 146 Å². The molecule has 9 nitrogen and oxygen atoms in total. The Labute approximate surface area is 186 Å². The molecule has 0 aliphatic rings. The van der Waals surface area contributed by atoms with Crippen molar-refractivity contribution in [2.75, 3.05) is 12.8 Å². The molecule has 2 atom stereocenters. The van der Waals surface area contributed by atoms with Crippen molar-refractivity contribution < 1.29 is 28.4 Å². The molecule has 0 aliphatic carbocycles. The van der Waals surface area contributed by atoms with E-state index in [4.69, 9.17) is 10.9 Å². The Morgan fingerprint density at radius 1 is 1.12 bits per heavy atom. The Balaban J connectivity index is 2.23. The van der Waals surface area contributed by atoms with Crippen LogP contribution in [-0.2, 0) is 4.79 Å². The molecule has 1 aromatic carbocycles. The number of hydrogen-bond donors (Lipinski definition) is 6. The fourth-order valence-corrected chi connectivity index (χ4v) is 3.21. The number of amides is 4. The van der Waals surface area contributed by atoms with Gasteiger partial charge in [-0.05, 0) is 43.3 Å². The molecule has 0 fully saturated rings. The molecule has 4 amide bonds. The first-order valence-electron chi connectivity index (χ1n) is 9.11. The minimum Gasteiger partial charge on any atom is -0.391 e. The van der Waals surface area contributed by atoms with Crippen LogP contribution in [0.2, 0.25) is 0 Å². The number of halogens is 2. The average molecular weight is 465 g/mol. The van der Waals surface area contributed by atoms with Crippen LogP contribution in [-0.4, -0.2) is 48.1 Å². The Kier molecular flexibility index (Phi) is 8.11. The van der Waals surface area contributed by atoms with Gasteiger partial charge in [0, 0.05) is 18.2 Å². The number of alkyl halides is 2. The summed E-state index contributed by atoms with van der Waals surface area (Å²) in [4.78, 5) is 37.1. The smallest absolute Gasteiger partial charge is 0.315 e. The second-order valence-electron chi connectivity index (χ2n) is 6.70. The number of carbonyl (C=O) groups excluding carboxylic acids is 3. The minimum absolute atomic E-state index is 0.0446. The maximum Gasteiger partial charge on any atom is 0.315 e. The van der Waals surface area contributed by atoms with E-state index in [0.29, 0.717) is 10.6 Å². The molecule has 7 N–H and O–H groups in total. The zero-order chi connectivity index (χ0) is 23.9. The van der Waals surface area contributed by atoms with Gasteiger partial charge >= 0.3 is 6.03 Å². The number of anilines is 1. The molecule has 1 unspecified atom stereocenters. The van der Waals surface area contributed by atoms with E-state index in [1.807, 2.05) is 5.32 Å². The summed E-state index contributed by atoms with van der Waals surface area (Å²) in [7, 11) is 1.19. The summed E-state index contributed by atoms with van der Waals surface area (Å²) < 4.78 is 27.6. The molecule has 2 aromatic rings. The van der Waals surface area contributed by atoms with Crippen LogP contribution in [0, 0.1) is 11.8 Å². The van der Waals surface area contributed by atoms with Gasteiger partial charge in [0.15, 0.2) is 0 Å². The van der Waals surface area contributed by atoms with E-state index in [1.54, 1.807) is 12.1 Å². The van der Waals surface area contributed by atoms with E-state index >= 15 is 0 Å². The number of rotatable bonds is 6. The zero-order valence-electron chi connectivity index (χ0n) is 17.0. The predicted octanol–water partition coefficient (Wildman–Crippen LogP) is 1.29. The molecule has 1 heterocycles. The number of thiophene rings is 1. The van der Waals surface area contributed by atoms with E-state index in [9.17, 15) is 23.2 Å². The van der Waals surface area contributed by atoms with Crippen molar-refractivity contribution in [2.24, 2.45) is 0 Å². The summed E-state index contributed by atoms with van der Waals surface area (Å²) in [6.45, 7) is 0.864. The first kappa shape index (κ1) is 24.6. The maximum absolute atomic E-state index is 13.8. The van der Waals surface area contributed by atoms with Gasteiger partial charge in [-0.1, -0.05) is 11.8 Å². The summed E-state index contributed by atoms with van der Waals surface area (Å²) in [5, 5.41) is 15.8. The molecule has 12 heteroatoms. The van der Waals surface area contributed by atoms with Gasteiger partial charge in [0.2, 0.25) is 0 Å². The first-order valence-corrected chi connectivity index (χ1v) is 9.92. The molecule has 1 aromatic heterocycles.